The summed E-state index contributed by atoms with van der Waals surface area (Å²) < 4.78 is 4.99. The fraction of sp³-hybridized carbons (Fsp3) is 0.375. The van der Waals surface area contributed by atoms with E-state index in [0.29, 0.717) is 18.1 Å². The molecule has 1 aliphatic rings. The second-order valence-corrected chi connectivity index (χ2v) is 5.64. The first-order valence-corrected chi connectivity index (χ1v) is 7.38. The number of carbonyl (C=O) groups is 1. The minimum Gasteiger partial charge on any atom is -0.360 e. The lowest BCUT2D eigenvalue weighted by molar-refractivity contribution is 0.116. The number of likely N-dealkylation sites (N-methyl/N-ethyl adjacent to an activating group) is 1. The Bertz CT molecular complexity index is 641. The molecular weight excluding hydrogens is 280 g/mol. The summed E-state index contributed by atoms with van der Waals surface area (Å²) in [5.41, 5.74) is 1.14. The van der Waals surface area contributed by atoms with E-state index < -0.39 is 0 Å². The highest BCUT2D eigenvalue weighted by molar-refractivity contribution is 5.88. The molecule has 1 aromatic heterocycles. The van der Waals surface area contributed by atoms with Crippen LogP contribution in [0, 0.1) is 6.92 Å². The van der Waals surface area contributed by atoms with Gasteiger partial charge in [0.25, 0.3) is 0 Å². The molecule has 2 aromatic rings. The summed E-state index contributed by atoms with van der Waals surface area (Å²) in [6.07, 6.45) is 0. The third-order valence-electron chi connectivity index (χ3n) is 3.89. The van der Waals surface area contributed by atoms with Crippen LogP contribution in [0.5, 0.6) is 0 Å². The van der Waals surface area contributed by atoms with Crippen LogP contribution in [0.25, 0.3) is 0 Å². The first-order chi connectivity index (χ1) is 10.6. The molecule has 0 radical (unpaired) electrons. The number of anilines is 1. The topological polar surface area (TPSA) is 61.6 Å². The van der Waals surface area contributed by atoms with Gasteiger partial charge in [0.2, 0.25) is 0 Å². The molecule has 0 saturated carbocycles. The maximum atomic E-state index is 12.6. The van der Waals surface area contributed by atoms with Crippen molar-refractivity contribution in [1.82, 2.24) is 15.0 Å². The quantitative estimate of drug-likeness (QED) is 0.925. The number of nitrogens with zero attached hydrogens (tertiary/aromatic N) is 3. The number of hydrogen-bond acceptors (Lipinski definition) is 4. The predicted molar refractivity (Wildman–Crippen MR) is 83.6 cm³/mol. The Hall–Kier alpha value is -2.34. The Morgan fingerprint density at radius 3 is 2.77 bits per heavy atom. The predicted octanol–water partition coefficient (Wildman–Crippen LogP) is 2.50. The second-order valence-electron chi connectivity index (χ2n) is 5.64. The number of hydrogen-bond donors (Lipinski definition) is 1. The van der Waals surface area contributed by atoms with Crippen molar-refractivity contribution in [2.24, 2.45) is 0 Å². The van der Waals surface area contributed by atoms with Gasteiger partial charge < -0.3 is 14.3 Å². The van der Waals surface area contributed by atoms with E-state index in [4.69, 9.17) is 4.52 Å². The second kappa shape index (κ2) is 6.19. The van der Waals surface area contributed by atoms with Gasteiger partial charge in [0.15, 0.2) is 5.82 Å². The zero-order valence-corrected chi connectivity index (χ0v) is 12.8. The Balaban J connectivity index is 1.78. The number of amides is 2. The molecule has 1 atom stereocenters. The van der Waals surface area contributed by atoms with E-state index in [1.165, 1.54) is 0 Å². The molecule has 2 heterocycles. The Kier molecular flexibility index (Phi) is 4.11. The maximum Gasteiger partial charge on any atom is 0.323 e. The largest absolute Gasteiger partial charge is 0.360 e. The number of rotatable bonds is 2. The van der Waals surface area contributed by atoms with E-state index in [1.54, 1.807) is 13.0 Å². The lowest BCUT2D eigenvalue weighted by Gasteiger charge is -2.40. The van der Waals surface area contributed by atoms with Gasteiger partial charge in [0, 0.05) is 25.7 Å². The van der Waals surface area contributed by atoms with Crippen LogP contribution in [0.4, 0.5) is 10.6 Å². The van der Waals surface area contributed by atoms with Gasteiger partial charge in [0.05, 0.1) is 6.04 Å². The van der Waals surface area contributed by atoms with E-state index in [9.17, 15) is 4.79 Å². The minimum absolute atomic E-state index is 0.0351. The summed E-state index contributed by atoms with van der Waals surface area (Å²) in [5, 5.41) is 6.63. The fourth-order valence-electron chi connectivity index (χ4n) is 2.73. The van der Waals surface area contributed by atoms with Crippen LogP contribution >= 0.6 is 0 Å². The highest BCUT2D eigenvalue weighted by atomic mass is 16.5. The summed E-state index contributed by atoms with van der Waals surface area (Å²) in [5.74, 6) is 1.13. The number of piperazine rings is 1. The van der Waals surface area contributed by atoms with Crippen LogP contribution in [0.15, 0.2) is 40.9 Å². The Morgan fingerprint density at radius 1 is 1.32 bits per heavy atom. The molecule has 2 amide bonds. The van der Waals surface area contributed by atoms with Crippen molar-refractivity contribution in [3.05, 3.63) is 47.7 Å². The molecule has 1 fully saturated rings. The third-order valence-corrected chi connectivity index (χ3v) is 3.89. The van der Waals surface area contributed by atoms with E-state index in [0.717, 1.165) is 18.7 Å². The van der Waals surface area contributed by atoms with E-state index in [2.05, 4.69) is 34.6 Å². The maximum absolute atomic E-state index is 12.6. The number of nitrogens with one attached hydrogen (secondary N) is 1. The Labute approximate surface area is 129 Å². The van der Waals surface area contributed by atoms with Gasteiger partial charge in [-0.15, -0.1) is 0 Å². The zero-order valence-electron chi connectivity index (χ0n) is 12.8. The summed E-state index contributed by atoms with van der Waals surface area (Å²) in [6, 6.07) is 11.7. The number of aromatic nitrogens is 1. The molecule has 6 nitrogen and oxygen atoms in total. The van der Waals surface area contributed by atoms with Crippen LogP contribution < -0.4 is 5.32 Å². The van der Waals surface area contributed by atoms with E-state index in [-0.39, 0.29) is 12.1 Å². The van der Waals surface area contributed by atoms with Crippen molar-refractivity contribution in [3.8, 4) is 0 Å². The number of carbonyl (C=O) groups excluding carboxylic acids is 1. The van der Waals surface area contributed by atoms with Gasteiger partial charge in [-0.3, -0.25) is 5.32 Å². The molecule has 0 spiro atoms. The molecule has 0 bridgehead atoms. The number of urea groups is 1. The monoisotopic (exact) mass is 300 g/mol. The van der Waals surface area contributed by atoms with Crippen LogP contribution in [0.1, 0.15) is 17.4 Å². The average Bonchev–Trinajstić information content (AvgIpc) is 2.93. The summed E-state index contributed by atoms with van der Waals surface area (Å²) >= 11 is 0. The van der Waals surface area contributed by atoms with Crippen molar-refractivity contribution in [2.45, 2.75) is 13.0 Å². The normalized spacial score (nSPS) is 19.2. The zero-order chi connectivity index (χ0) is 15.5. The first kappa shape index (κ1) is 14.6. The van der Waals surface area contributed by atoms with E-state index >= 15 is 0 Å². The van der Waals surface area contributed by atoms with Crippen molar-refractivity contribution in [3.63, 3.8) is 0 Å². The molecule has 1 aliphatic heterocycles. The molecule has 1 N–H and O–H groups in total. The molecule has 0 aliphatic carbocycles. The van der Waals surface area contributed by atoms with Gasteiger partial charge in [-0.2, -0.15) is 0 Å². The number of benzene rings is 1. The number of aryl methyl sites for hydroxylation is 1. The standard InChI is InChI=1S/C16H20N4O2/c1-12-10-15(18-22-12)17-16(21)20-9-8-19(2)11-14(20)13-6-4-3-5-7-13/h3-7,10,14H,8-9,11H2,1-2H3,(H,17,18,21). The van der Waals surface area contributed by atoms with Gasteiger partial charge in [-0.25, -0.2) is 4.79 Å². The van der Waals surface area contributed by atoms with Crippen LogP contribution in [0.3, 0.4) is 0 Å². The average molecular weight is 300 g/mol. The highest BCUT2D eigenvalue weighted by Crippen LogP contribution is 2.25. The summed E-state index contributed by atoms with van der Waals surface area (Å²) in [7, 11) is 2.08. The molecule has 3 rings (SSSR count). The minimum atomic E-state index is -0.143. The smallest absolute Gasteiger partial charge is 0.323 e. The van der Waals surface area contributed by atoms with E-state index in [1.807, 2.05) is 23.1 Å². The van der Waals surface area contributed by atoms with Crippen LogP contribution in [-0.4, -0.2) is 47.7 Å². The molecule has 1 unspecified atom stereocenters. The molecule has 6 heteroatoms. The highest BCUT2D eigenvalue weighted by Gasteiger charge is 2.30. The lowest BCUT2D eigenvalue weighted by Crippen LogP contribution is -2.50. The first-order valence-electron chi connectivity index (χ1n) is 7.38. The van der Waals surface area contributed by atoms with Gasteiger partial charge in [-0.05, 0) is 19.5 Å². The van der Waals surface area contributed by atoms with Crippen LogP contribution in [-0.2, 0) is 0 Å². The van der Waals surface area contributed by atoms with Crippen LogP contribution in [0.2, 0.25) is 0 Å². The lowest BCUT2D eigenvalue weighted by atomic mass is 10.0. The molecule has 116 valence electrons. The fourth-order valence-corrected chi connectivity index (χ4v) is 2.73. The Morgan fingerprint density at radius 2 is 2.09 bits per heavy atom. The van der Waals surface area contributed by atoms with Crippen molar-refractivity contribution >= 4 is 11.8 Å². The molecule has 1 saturated heterocycles. The molecule has 22 heavy (non-hydrogen) atoms. The summed E-state index contributed by atoms with van der Waals surface area (Å²) in [6.45, 7) is 4.15. The summed E-state index contributed by atoms with van der Waals surface area (Å²) in [4.78, 5) is 16.7. The molecular formula is C16H20N4O2. The van der Waals surface area contributed by atoms with Gasteiger partial charge in [-0.1, -0.05) is 35.5 Å². The molecule has 1 aromatic carbocycles. The van der Waals surface area contributed by atoms with Gasteiger partial charge in [0.1, 0.15) is 5.76 Å². The van der Waals surface area contributed by atoms with Crippen molar-refractivity contribution in [1.29, 1.82) is 0 Å². The van der Waals surface area contributed by atoms with Gasteiger partial charge >= 0.3 is 6.03 Å². The van der Waals surface area contributed by atoms with Crippen molar-refractivity contribution in [2.75, 3.05) is 32.0 Å². The SMILES string of the molecule is Cc1cc(NC(=O)N2CCN(C)CC2c2ccccc2)no1. The third kappa shape index (κ3) is 3.12. The van der Waals surface area contributed by atoms with Crippen molar-refractivity contribution < 1.29 is 9.32 Å².